The number of nitriles is 1. The Hall–Kier alpha value is -2.82. The molecule has 0 aliphatic carbocycles. The Morgan fingerprint density at radius 3 is 3.05 bits per heavy atom. The number of hydrogen-bond acceptors (Lipinski definition) is 6. The van der Waals surface area contributed by atoms with Crippen molar-refractivity contribution < 1.29 is 9.21 Å². The second-order valence-electron chi connectivity index (χ2n) is 4.10. The van der Waals surface area contributed by atoms with Crippen LogP contribution in [0.1, 0.15) is 12.2 Å². The summed E-state index contributed by atoms with van der Waals surface area (Å²) >= 11 is 0. The molecule has 0 atom stereocenters. The van der Waals surface area contributed by atoms with Gasteiger partial charge in [-0.2, -0.15) is 5.26 Å². The fraction of sp³-hybridized carbons (Fsp3) is 0.333. The van der Waals surface area contributed by atoms with Crippen molar-refractivity contribution in [2.45, 2.75) is 19.5 Å². The lowest BCUT2D eigenvalue weighted by Gasteiger charge is -2.20. The smallest absolute Gasteiger partial charge is 0.244 e. The summed E-state index contributed by atoms with van der Waals surface area (Å²) in [5.41, 5.74) is 5.39. The molecule has 0 spiro atoms. The van der Waals surface area contributed by atoms with Crippen molar-refractivity contribution in [2.75, 3.05) is 12.3 Å². The van der Waals surface area contributed by atoms with Crippen molar-refractivity contribution in [3.63, 3.8) is 0 Å². The number of carbonyl (C=O) groups excluding carboxylic acids is 1. The minimum absolute atomic E-state index is 0.0241. The second kappa shape index (κ2) is 6.38. The second-order valence-corrected chi connectivity index (χ2v) is 4.10. The molecule has 0 radical (unpaired) electrons. The Morgan fingerprint density at radius 2 is 2.45 bits per heavy atom. The molecule has 8 nitrogen and oxygen atoms in total. The average molecular weight is 274 g/mol. The molecule has 0 fully saturated rings. The van der Waals surface area contributed by atoms with E-state index in [1.165, 1.54) is 11.0 Å². The van der Waals surface area contributed by atoms with Crippen LogP contribution in [0.15, 0.2) is 29.1 Å². The normalized spacial score (nSPS) is 10.2. The lowest BCUT2D eigenvalue weighted by molar-refractivity contribution is -0.132. The molecule has 2 rings (SSSR count). The molecule has 0 bridgehead atoms. The van der Waals surface area contributed by atoms with Crippen LogP contribution in [-0.4, -0.2) is 32.1 Å². The first kappa shape index (κ1) is 13.6. The Morgan fingerprint density at radius 1 is 1.60 bits per heavy atom. The van der Waals surface area contributed by atoms with E-state index >= 15 is 0 Å². The molecule has 0 saturated heterocycles. The van der Waals surface area contributed by atoms with Crippen LogP contribution in [0.4, 0.5) is 5.95 Å². The summed E-state index contributed by atoms with van der Waals surface area (Å²) in [5.74, 6) is 0.600. The van der Waals surface area contributed by atoms with Crippen molar-refractivity contribution in [2.24, 2.45) is 0 Å². The monoisotopic (exact) mass is 274 g/mol. The summed E-state index contributed by atoms with van der Waals surface area (Å²) in [6.07, 6.45) is 3.19. The molecule has 2 aromatic heterocycles. The van der Waals surface area contributed by atoms with Gasteiger partial charge in [-0.15, -0.1) is 5.10 Å². The summed E-state index contributed by atoms with van der Waals surface area (Å²) in [6.45, 7) is 0.675. The minimum Gasteiger partial charge on any atom is -0.467 e. The zero-order valence-electron chi connectivity index (χ0n) is 10.8. The average Bonchev–Trinajstić information content (AvgIpc) is 3.06. The van der Waals surface area contributed by atoms with E-state index < -0.39 is 0 Å². The van der Waals surface area contributed by atoms with Gasteiger partial charge in [0.2, 0.25) is 11.9 Å². The lowest BCUT2D eigenvalue weighted by Crippen LogP contribution is -2.34. The fourth-order valence-electron chi connectivity index (χ4n) is 1.69. The van der Waals surface area contributed by atoms with Crippen LogP contribution in [-0.2, 0) is 17.9 Å². The van der Waals surface area contributed by atoms with Gasteiger partial charge in [-0.05, 0) is 12.1 Å². The Balaban J connectivity index is 2.01. The van der Waals surface area contributed by atoms with Crippen LogP contribution in [0.2, 0.25) is 0 Å². The largest absolute Gasteiger partial charge is 0.467 e. The molecule has 104 valence electrons. The Kier molecular flexibility index (Phi) is 4.34. The third-order valence-corrected chi connectivity index (χ3v) is 2.62. The van der Waals surface area contributed by atoms with Gasteiger partial charge in [0.05, 0.1) is 25.3 Å². The quantitative estimate of drug-likeness (QED) is 0.815. The Labute approximate surface area is 115 Å². The highest BCUT2D eigenvalue weighted by Crippen LogP contribution is 2.07. The van der Waals surface area contributed by atoms with Gasteiger partial charge in [0.25, 0.3) is 0 Å². The van der Waals surface area contributed by atoms with E-state index in [4.69, 9.17) is 15.4 Å². The molecule has 0 saturated carbocycles. The van der Waals surface area contributed by atoms with Gasteiger partial charge in [-0.25, -0.2) is 9.67 Å². The first-order chi connectivity index (χ1) is 9.69. The first-order valence-electron chi connectivity index (χ1n) is 6.01. The zero-order valence-corrected chi connectivity index (χ0v) is 10.8. The van der Waals surface area contributed by atoms with Gasteiger partial charge in [0.1, 0.15) is 18.6 Å². The molecule has 2 heterocycles. The first-order valence-corrected chi connectivity index (χ1v) is 6.01. The summed E-state index contributed by atoms with van der Waals surface area (Å²) in [5, 5.41) is 12.5. The van der Waals surface area contributed by atoms with Gasteiger partial charge >= 0.3 is 0 Å². The van der Waals surface area contributed by atoms with Crippen molar-refractivity contribution in [3.05, 3.63) is 30.5 Å². The van der Waals surface area contributed by atoms with E-state index in [1.807, 2.05) is 6.07 Å². The fourth-order valence-corrected chi connectivity index (χ4v) is 1.69. The van der Waals surface area contributed by atoms with Crippen LogP contribution in [0.5, 0.6) is 0 Å². The third kappa shape index (κ3) is 3.58. The van der Waals surface area contributed by atoms with Crippen LogP contribution in [0.3, 0.4) is 0 Å². The molecular formula is C12H14N6O2. The summed E-state index contributed by atoms with van der Waals surface area (Å²) in [7, 11) is 0. The molecule has 0 unspecified atom stereocenters. The number of carbonyl (C=O) groups is 1. The molecule has 20 heavy (non-hydrogen) atoms. The highest BCUT2D eigenvalue weighted by atomic mass is 16.3. The van der Waals surface area contributed by atoms with Crippen LogP contribution in [0.25, 0.3) is 0 Å². The van der Waals surface area contributed by atoms with Crippen LogP contribution in [0, 0.1) is 11.3 Å². The molecule has 0 aliphatic heterocycles. The van der Waals surface area contributed by atoms with E-state index in [-0.39, 0.29) is 24.8 Å². The SMILES string of the molecule is N#CCCN(Cc1ccco1)C(=O)Cn1cnc(N)n1. The number of nitrogens with two attached hydrogens (primary N) is 1. The topological polar surface area (TPSA) is 114 Å². The molecule has 0 aromatic carbocycles. The van der Waals surface area contributed by atoms with Crippen molar-refractivity contribution in [1.29, 1.82) is 5.26 Å². The van der Waals surface area contributed by atoms with E-state index in [0.717, 1.165) is 0 Å². The summed E-state index contributed by atoms with van der Waals surface area (Å²) < 4.78 is 6.58. The van der Waals surface area contributed by atoms with E-state index in [2.05, 4.69) is 10.1 Å². The maximum atomic E-state index is 12.2. The number of hydrogen-bond donors (Lipinski definition) is 1. The molecule has 0 aliphatic rings. The van der Waals surface area contributed by atoms with Crippen LogP contribution < -0.4 is 5.73 Å². The van der Waals surface area contributed by atoms with Crippen molar-refractivity contribution >= 4 is 11.9 Å². The summed E-state index contributed by atoms with van der Waals surface area (Å²) in [4.78, 5) is 17.5. The van der Waals surface area contributed by atoms with Gasteiger partial charge in [-0.1, -0.05) is 0 Å². The molecule has 8 heteroatoms. The number of nitrogen functional groups attached to an aromatic ring is 1. The van der Waals surface area contributed by atoms with E-state index in [1.54, 1.807) is 23.3 Å². The zero-order chi connectivity index (χ0) is 14.4. The number of anilines is 1. The maximum Gasteiger partial charge on any atom is 0.244 e. The van der Waals surface area contributed by atoms with Gasteiger partial charge in [-0.3, -0.25) is 4.79 Å². The van der Waals surface area contributed by atoms with Crippen molar-refractivity contribution in [1.82, 2.24) is 19.7 Å². The molecule has 1 amide bonds. The van der Waals surface area contributed by atoms with E-state index in [0.29, 0.717) is 18.8 Å². The van der Waals surface area contributed by atoms with Crippen LogP contribution >= 0.6 is 0 Å². The molecule has 2 aromatic rings. The number of nitrogens with zero attached hydrogens (tertiary/aromatic N) is 5. The van der Waals surface area contributed by atoms with Gasteiger partial charge < -0.3 is 15.1 Å². The van der Waals surface area contributed by atoms with Gasteiger partial charge in [0.15, 0.2) is 0 Å². The van der Waals surface area contributed by atoms with Crippen molar-refractivity contribution in [3.8, 4) is 6.07 Å². The highest BCUT2D eigenvalue weighted by molar-refractivity contribution is 5.75. The lowest BCUT2D eigenvalue weighted by atomic mass is 10.3. The minimum atomic E-state index is -0.179. The maximum absolute atomic E-state index is 12.2. The number of amides is 1. The predicted molar refractivity (Wildman–Crippen MR) is 68.8 cm³/mol. The summed E-state index contributed by atoms with van der Waals surface area (Å²) in [6, 6.07) is 5.55. The van der Waals surface area contributed by atoms with Gasteiger partial charge in [0, 0.05) is 6.54 Å². The standard InChI is InChI=1S/C12H14N6O2/c13-4-2-5-17(7-10-3-1-6-20-10)11(19)8-18-9-15-12(14)16-18/h1,3,6,9H,2,5,7-8H2,(H2,14,16). The highest BCUT2D eigenvalue weighted by Gasteiger charge is 2.16. The third-order valence-electron chi connectivity index (χ3n) is 2.62. The van der Waals surface area contributed by atoms with E-state index in [9.17, 15) is 4.79 Å². The Bertz CT molecular complexity index is 598. The number of rotatable bonds is 6. The number of aromatic nitrogens is 3. The number of furan rings is 1. The predicted octanol–water partition coefficient (Wildman–Crippen LogP) is 0.396. The molecule has 2 N–H and O–H groups in total. The molecular weight excluding hydrogens is 260 g/mol.